The minimum absolute atomic E-state index is 0.0204. The smallest absolute Gasteiger partial charge is 0.249 e. The van der Waals surface area contributed by atoms with E-state index in [0.29, 0.717) is 13.1 Å². The van der Waals surface area contributed by atoms with Crippen molar-refractivity contribution in [2.24, 2.45) is 0 Å². The van der Waals surface area contributed by atoms with Crippen LogP contribution < -0.4 is 5.32 Å². The van der Waals surface area contributed by atoms with Crippen LogP contribution in [-0.4, -0.2) is 49.2 Å². The normalized spacial score (nSPS) is 17.3. The molecule has 0 aromatic rings. The maximum atomic E-state index is 11.8. The highest BCUT2D eigenvalue weighted by molar-refractivity contribution is 5.77. The third kappa shape index (κ3) is 3.47. The molecular formula is C12H20N2O2. The van der Waals surface area contributed by atoms with Crippen molar-refractivity contribution in [3.8, 4) is 0 Å². The van der Waals surface area contributed by atoms with Crippen LogP contribution in [0.4, 0.5) is 0 Å². The molecule has 4 heteroatoms. The number of ether oxygens (including phenoxy) is 1. The average Bonchev–Trinajstić information content (AvgIpc) is 2.23. The van der Waals surface area contributed by atoms with Crippen LogP contribution in [0, 0.1) is 0 Å². The SMILES string of the molecule is C=CCN(CC=C)C(=O)COC1(C)CNC1. The van der Waals surface area contributed by atoms with Crippen LogP contribution >= 0.6 is 0 Å². The number of nitrogens with zero attached hydrogens (tertiary/aromatic N) is 1. The lowest BCUT2D eigenvalue weighted by atomic mass is 10.0. The van der Waals surface area contributed by atoms with E-state index in [4.69, 9.17) is 4.74 Å². The number of hydrogen-bond donors (Lipinski definition) is 1. The van der Waals surface area contributed by atoms with Crippen LogP contribution in [0.15, 0.2) is 25.3 Å². The molecule has 1 rings (SSSR count). The Balaban J connectivity index is 2.35. The molecule has 1 N–H and O–H groups in total. The number of nitrogens with one attached hydrogen (secondary N) is 1. The fourth-order valence-electron chi connectivity index (χ4n) is 1.50. The van der Waals surface area contributed by atoms with Crippen LogP contribution in [0.1, 0.15) is 6.92 Å². The van der Waals surface area contributed by atoms with Crippen molar-refractivity contribution in [3.63, 3.8) is 0 Å². The van der Waals surface area contributed by atoms with Gasteiger partial charge in [-0.3, -0.25) is 4.79 Å². The maximum Gasteiger partial charge on any atom is 0.249 e. The first-order valence-corrected chi connectivity index (χ1v) is 5.45. The minimum Gasteiger partial charge on any atom is -0.363 e. The zero-order chi connectivity index (χ0) is 12.0. The van der Waals surface area contributed by atoms with E-state index in [-0.39, 0.29) is 18.1 Å². The number of carbonyl (C=O) groups is 1. The summed E-state index contributed by atoms with van der Waals surface area (Å²) in [4.78, 5) is 13.5. The van der Waals surface area contributed by atoms with Gasteiger partial charge < -0.3 is 15.0 Å². The van der Waals surface area contributed by atoms with Crippen molar-refractivity contribution < 1.29 is 9.53 Å². The zero-order valence-corrected chi connectivity index (χ0v) is 9.87. The van der Waals surface area contributed by atoms with Crippen molar-refractivity contribution in [2.75, 3.05) is 32.8 Å². The van der Waals surface area contributed by atoms with Crippen LogP contribution in [0.25, 0.3) is 0 Å². The molecule has 1 amide bonds. The van der Waals surface area contributed by atoms with Crippen molar-refractivity contribution in [1.82, 2.24) is 10.2 Å². The molecule has 90 valence electrons. The Hall–Kier alpha value is -1.13. The van der Waals surface area contributed by atoms with E-state index in [1.807, 2.05) is 6.92 Å². The zero-order valence-electron chi connectivity index (χ0n) is 9.87. The molecule has 1 aliphatic rings. The van der Waals surface area contributed by atoms with Crippen molar-refractivity contribution in [1.29, 1.82) is 0 Å². The second-order valence-corrected chi connectivity index (χ2v) is 4.22. The fraction of sp³-hybridized carbons (Fsp3) is 0.583. The summed E-state index contributed by atoms with van der Waals surface area (Å²) in [5.41, 5.74) is -0.177. The third-order valence-corrected chi connectivity index (χ3v) is 2.59. The summed E-state index contributed by atoms with van der Waals surface area (Å²) in [6.45, 7) is 12.1. The van der Waals surface area contributed by atoms with Gasteiger partial charge in [0, 0.05) is 26.2 Å². The van der Waals surface area contributed by atoms with Gasteiger partial charge in [0.2, 0.25) is 5.91 Å². The van der Waals surface area contributed by atoms with Gasteiger partial charge >= 0.3 is 0 Å². The lowest BCUT2D eigenvalue weighted by Crippen LogP contribution is -2.59. The van der Waals surface area contributed by atoms with Gasteiger partial charge in [-0.05, 0) is 6.92 Å². The van der Waals surface area contributed by atoms with Crippen molar-refractivity contribution in [3.05, 3.63) is 25.3 Å². The predicted molar refractivity (Wildman–Crippen MR) is 64.2 cm³/mol. The van der Waals surface area contributed by atoms with E-state index < -0.39 is 0 Å². The highest BCUT2D eigenvalue weighted by atomic mass is 16.5. The van der Waals surface area contributed by atoms with E-state index in [1.165, 1.54) is 0 Å². The van der Waals surface area contributed by atoms with E-state index >= 15 is 0 Å². The molecule has 0 aromatic heterocycles. The first kappa shape index (κ1) is 12.9. The molecule has 0 atom stereocenters. The summed E-state index contributed by atoms with van der Waals surface area (Å²) in [5.74, 6) is -0.0204. The standard InChI is InChI=1S/C12H20N2O2/c1-4-6-14(7-5-2)11(15)8-16-12(3)9-13-10-12/h4-5,13H,1-2,6-10H2,3H3. The molecule has 1 aliphatic heterocycles. The number of rotatable bonds is 7. The molecule has 1 heterocycles. The molecule has 1 fully saturated rings. The van der Waals surface area contributed by atoms with Crippen molar-refractivity contribution in [2.45, 2.75) is 12.5 Å². The molecule has 0 aliphatic carbocycles. The van der Waals surface area contributed by atoms with Gasteiger partial charge in [0.25, 0.3) is 0 Å². The summed E-state index contributed by atoms with van der Waals surface area (Å²) in [6, 6.07) is 0. The van der Waals surface area contributed by atoms with Gasteiger partial charge in [0.15, 0.2) is 0 Å². The largest absolute Gasteiger partial charge is 0.363 e. The minimum atomic E-state index is -0.177. The summed E-state index contributed by atoms with van der Waals surface area (Å²) >= 11 is 0. The predicted octanol–water partition coefficient (Wildman–Crippen LogP) is 0.565. The summed E-state index contributed by atoms with van der Waals surface area (Å²) in [5, 5.41) is 3.12. The van der Waals surface area contributed by atoms with E-state index in [0.717, 1.165) is 13.1 Å². The Bertz CT molecular complexity index is 262. The van der Waals surface area contributed by atoms with Gasteiger partial charge in [-0.15, -0.1) is 13.2 Å². The Morgan fingerprint density at radius 3 is 2.38 bits per heavy atom. The molecule has 1 saturated heterocycles. The molecule has 0 saturated carbocycles. The quantitative estimate of drug-likeness (QED) is 0.643. The number of carbonyl (C=O) groups excluding carboxylic acids is 1. The lowest BCUT2D eigenvalue weighted by molar-refractivity contribution is -0.144. The first-order chi connectivity index (χ1) is 7.61. The fourth-order valence-corrected chi connectivity index (χ4v) is 1.50. The number of amides is 1. The average molecular weight is 224 g/mol. The van der Waals surface area contributed by atoms with Crippen LogP contribution in [0.3, 0.4) is 0 Å². The molecular weight excluding hydrogens is 204 g/mol. The molecule has 0 aromatic carbocycles. The third-order valence-electron chi connectivity index (χ3n) is 2.59. The topological polar surface area (TPSA) is 41.6 Å². The monoisotopic (exact) mass is 224 g/mol. The highest BCUT2D eigenvalue weighted by Crippen LogP contribution is 2.15. The highest BCUT2D eigenvalue weighted by Gasteiger charge is 2.33. The molecule has 4 nitrogen and oxygen atoms in total. The summed E-state index contributed by atoms with van der Waals surface area (Å²) in [7, 11) is 0. The van der Waals surface area contributed by atoms with E-state index in [9.17, 15) is 4.79 Å². The summed E-state index contributed by atoms with van der Waals surface area (Å²) in [6.07, 6.45) is 3.40. The van der Waals surface area contributed by atoms with Gasteiger partial charge in [-0.1, -0.05) is 12.2 Å². The van der Waals surface area contributed by atoms with Gasteiger partial charge in [-0.2, -0.15) is 0 Å². The van der Waals surface area contributed by atoms with Crippen LogP contribution in [0.5, 0.6) is 0 Å². The molecule has 0 bridgehead atoms. The van der Waals surface area contributed by atoms with Gasteiger partial charge in [0.05, 0.1) is 5.60 Å². The number of hydrogen-bond acceptors (Lipinski definition) is 3. The van der Waals surface area contributed by atoms with Gasteiger partial charge in [0.1, 0.15) is 6.61 Å². The van der Waals surface area contributed by atoms with Gasteiger partial charge in [-0.25, -0.2) is 0 Å². The Morgan fingerprint density at radius 1 is 1.44 bits per heavy atom. The van der Waals surface area contributed by atoms with Crippen LogP contribution in [0.2, 0.25) is 0 Å². The molecule has 16 heavy (non-hydrogen) atoms. The Kier molecular flexibility index (Phi) is 4.71. The Labute approximate surface area is 97.0 Å². The van der Waals surface area contributed by atoms with E-state index in [1.54, 1.807) is 17.1 Å². The molecule has 0 spiro atoms. The second kappa shape index (κ2) is 5.82. The van der Waals surface area contributed by atoms with Crippen LogP contribution in [-0.2, 0) is 9.53 Å². The molecule has 0 unspecified atom stereocenters. The lowest BCUT2D eigenvalue weighted by Gasteiger charge is -2.39. The second-order valence-electron chi connectivity index (χ2n) is 4.22. The summed E-state index contributed by atoms with van der Waals surface area (Å²) < 4.78 is 5.58. The van der Waals surface area contributed by atoms with E-state index in [2.05, 4.69) is 18.5 Å². The maximum absolute atomic E-state index is 11.8. The Morgan fingerprint density at radius 2 is 2.00 bits per heavy atom. The molecule has 0 radical (unpaired) electrons. The van der Waals surface area contributed by atoms with Crippen molar-refractivity contribution >= 4 is 5.91 Å². The first-order valence-electron chi connectivity index (χ1n) is 5.45.